The van der Waals surface area contributed by atoms with Crippen LogP contribution in [-0.4, -0.2) is 22.0 Å². The van der Waals surface area contributed by atoms with Gasteiger partial charge >= 0.3 is 0 Å². The van der Waals surface area contributed by atoms with Crippen molar-refractivity contribution in [1.29, 1.82) is 5.26 Å². The minimum Gasteiger partial charge on any atom is -0.490 e. The quantitative estimate of drug-likeness (QED) is 0.547. The van der Waals surface area contributed by atoms with Crippen LogP contribution in [0.4, 0.5) is 0 Å². The zero-order valence-corrected chi connectivity index (χ0v) is 19.1. The number of nitrogens with two attached hydrogens (primary N) is 1. The molecule has 1 aliphatic rings. The van der Waals surface area contributed by atoms with Gasteiger partial charge in [0.05, 0.1) is 27.6 Å². The zero-order chi connectivity index (χ0) is 23.6. The molecule has 0 atom stereocenters. The van der Waals surface area contributed by atoms with Crippen LogP contribution < -0.4 is 16.0 Å². The lowest BCUT2D eigenvalue weighted by molar-refractivity contribution is -0.118. The second-order valence-corrected chi connectivity index (χ2v) is 8.39. The summed E-state index contributed by atoms with van der Waals surface area (Å²) in [7, 11) is 0. The number of amides is 1. The number of nitriles is 1. The Morgan fingerprint density at radius 2 is 1.97 bits per heavy atom. The van der Waals surface area contributed by atoms with Crippen LogP contribution in [0.2, 0.25) is 5.02 Å². The van der Waals surface area contributed by atoms with Gasteiger partial charge < -0.3 is 15.5 Å². The number of hydrogen-bond acceptors (Lipinski definition) is 5. The number of aryl methyl sites for hydroxylation is 1. The van der Waals surface area contributed by atoms with Gasteiger partial charge in [0, 0.05) is 12.8 Å². The molecular weight excluding hydrogens is 440 g/mol. The Balaban J connectivity index is 0.000000186. The first kappa shape index (κ1) is 24.3. The highest BCUT2D eigenvalue weighted by Crippen LogP contribution is 2.26. The van der Waals surface area contributed by atoms with E-state index in [1.807, 2.05) is 12.1 Å². The number of hydrogen-bond donors (Lipinski definition) is 2. The molecule has 1 aliphatic carbocycles. The molecule has 1 fully saturated rings. The lowest BCUT2D eigenvalue weighted by atomic mass is 9.98. The molecule has 0 spiro atoms. The van der Waals surface area contributed by atoms with Crippen molar-refractivity contribution in [2.24, 2.45) is 5.73 Å². The molecule has 0 aliphatic heterocycles. The number of carbonyl (C=O) groups excluding carboxylic acids is 1. The predicted molar refractivity (Wildman–Crippen MR) is 128 cm³/mol. The first-order chi connectivity index (χ1) is 16.0. The van der Waals surface area contributed by atoms with Crippen LogP contribution in [0.15, 0.2) is 47.3 Å². The molecule has 0 unspecified atom stereocenters. The van der Waals surface area contributed by atoms with Crippen LogP contribution in [0, 0.1) is 11.3 Å². The number of primary amides is 1. The number of H-pyrrole nitrogens is 1. The zero-order valence-electron chi connectivity index (χ0n) is 18.4. The Labute approximate surface area is 197 Å². The van der Waals surface area contributed by atoms with E-state index in [1.165, 1.54) is 19.3 Å². The highest BCUT2D eigenvalue weighted by atomic mass is 35.5. The molecule has 1 saturated carbocycles. The molecule has 0 saturated heterocycles. The van der Waals surface area contributed by atoms with E-state index in [0.29, 0.717) is 52.7 Å². The molecule has 1 heterocycles. The van der Waals surface area contributed by atoms with Gasteiger partial charge in [-0.2, -0.15) is 5.26 Å². The number of carbonyl (C=O) groups is 1. The van der Waals surface area contributed by atoms with Crippen LogP contribution in [-0.2, 0) is 11.2 Å². The minimum absolute atomic E-state index is 0.148. The SMILES string of the molecule is N#Cc1cc(OC2CCCCC2)ccc1Cl.NC(=O)CCCc1nc2ccccc2c(=O)[nH]1. The van der Waals surface area contributed by atoms with Crippen molar-refractivity contribution in [3.8, 4) is 11.8 Å². The number of nitrogens with one attached hydrogen (secondary N) is 1. The lowest BCUT2D eigenvalue weighted by Crippen LogP contribution is -2.19. The standard InChI is InChI=1S/C13H14ClNO.C12H13N3O2/c14-13-7-6-12(8-10(13)9-15)16-11-4-2-1-3-5-11;13-10(16)6-3-7-11-14-9-5-2-1-4-8(9)12(17)15-11/h6-8,11H,1-5H2;1-2,4-5H,3,6-7H2,(H2,13,16)(H,14,15,17). The lowest BCUT2D eigenvalue weighted by Gasteiger charge is -2.23. The summed E-state index contributed by atoms with van der Waals surface area (Å²) in [4.78, 5) is 29.3. The summed E-state index contributed by atoms with van der Waals surface area (Å²) in [6.07, 6.45) is 7.77. The van der Waals surface area contributed by atoms with Crippen LogP contribution in [0.1, 0.15) is 56.3 Å². The third-order valence-corrected chi connectivity index (χ3v) is 5.74. The van der Waals surface area contributed by atoms with Crippen LogP contribution in [0.3, 0.4) is 0 Å². The Bertz CT molecular complexity index is 1200. The minimum atomic E-state index is -0.340. The van der Waals surface area contributed by atoms with E-state index in [1.54, 1.807) is 30.3 Å². The van der Waals surface area contributed by atoms with Crippen molar-refractivity contribution < 1.29 is 9.53 Å². The number of halogens is 1. The maximum absolute atomic E-state index is 11.7. The van der Waals surface area contributed by atoms with Crippen LogP contribution in [0.25, 0.3) is 10.9 Å². The van der Waals surface area contributed by atoms with Crippen molar-refractivity contribution in [1.82, 2.24) is 9.97 Å². The summed E-state index contributed by atoms with van der Waals surface area (Å²) >= 11 is 5.86. The maximum Gasteiger partial charge on any atom is 0.258 e. The van der Waals surface area contributed by atoms with E-state index in [4.69, 9.17) is 27.3 Å². The molecule has 4 rings (SSSR count). The van der Waals surface area contributed by atoms with Gasteiger partial charge in [0.1, 0.15) is 17.6 Å². The van der Waals surface area contributed by atoms with Crippen molar-refractivity contribution in [3.63, 3.8) is 0 Å². The Hall–Kier alpha value is -3.37. The van der Waals surface area contributed by atoms with E-state index >= 15 is 0 Å². The topological polar surface area (TPSA) is 122 Å². The average Bonchev–Trinajstić information content (AvgIpc) is 2.81. The molecule has 172 valence electrons. The fraction of sp³-hybridized carbons (Fsp3) is 0.360. The van der Waals surface area contributed by atoms with E-state index in [-0.39, 0.29) is 11.5 Å². The van der Waals surface area contributed by atoms with Crippen LogP contribution in [0.5, 0.6) is 5.75 Å². The van der Waals surface area contributed by atoms with Crippen molar-refractivity contribution >= 4 is 28.4 Å². The van der Waals surface area contributed by atoms with E-state index in [0.717, 1.165) is 18.6 Å². The third kappa shape index (κ3) is 7.33. The predicted octanol–water partition coefficient (Wildman–Crippen LogP) is 4.65. The smallest absolute Gasteiger partial charge is 0.258 e. The molecule has 3 N–H and O–H groups in total. The number of para-hydroxylation sites is 1. The molecule has 0 radical (unpaired) electrons. The monoisotopic (exact) mass is 466 g/mol. The van der Waals surface area contributed by atoms with Gasteiger partial charge in [-0.15, -0.1) is 0 Å². The van der Waals surface area contributed by atoms with Crippen molar-refractivity contribution in [2.75, 3.05) is 0 Å². The average molecular weight is 467 g/mol. The Morgan fingerprint density at radius 1 is 1.21 bits per heavy atom. The van der Waals surface area contributed by atoms with Gasteiger partial charge in [0.2, 0.25) is 5.91 Å². The normalized spacial score (nSPS) is 13.6. The van der Waals surface area contributed by atoms with E-state index < -0.39 is 0 Å². The number of rotatable bonds is 6. The van der Waals surface area contributed by atoms with Crippen molar-refractivity contribution in [2.45, 2.75) is 57.5 Å². The summed E-state index contributed by atoms with van der Waals surface area (Å²) in [5, 5.41) is 9.92. The van der Waals surface area contributed by atoms with E-state index in [2.05, 4.69) is 16.0 Å². The molecule has 1 amide bonds. The summed E-state index contributed by atoms with van der Waals surface area (Å²) < 4.78 is 5.84. The molecule has 7 nitrogen and oxygen atoms in total. The number of ether oxygens (including phenoxy) is 1. The number of aromatic nitrogens is 2. The molecular formula is C25H27ClN4O3. The van der Waals surface area contributed by atoms with Gasteiger partial charge in [-0.25, -0.2) is 4.98 Å². The second-order valence-electron chi connectivity index (χ2n) is 7.98. The van der Waals surface area contributed by atoms with Gasteiger partial charge in [0.15, 0.2) is 0 Å². The highest BCUT2D eigenvalue weighted by molar-refractivity contribution is 6.31. The molecule has 3 aromatic rings. The maximum atomic E-state index is 11.7. The fourth-order valence-corrected chi connectivity index (χ4v) is 3.88. The molecule has 8 heteroatoms. The summed E-state index contributed by atoms with van der Waals surface area (Å²) in [6, 6.07) is 14.5. The molecule has 2 aromatic carbocycles. The Kier molecular flexibility index (Phi) is 8.85. The molecule has 33 heavy (non-hydrogen) atoms. The number of nitrogens with zero attached hydrogens (tertiary/aromatic N) is 2. The highest BCUT2D eigenvalue weighted by Gasteiger charge is 2.15. The third-order valence-electron chi connectivity index (χ3n) is 5.41. The number of fused-ring (bicyclic) bond motifs is 1. The first-order valence-electron chi connectivity index (χ1n) is 11.1. The van der Waals surface area contributed by atoms with Crippen molar-refractivity contribution in [3.05, 3.63) is 69.2 Å². The van der Waals surface area contributed by atoms with Gasteiger partial charge in [-0.05, 0) is 62.4 Å². The Morgan fingerprint density at radius 3 is 2.70 bits per heavy atom. The molecule has 1 aromatic heterocycles. The summed E-state index contributed by atoms with van der Waals surface area (Å²) in [5.74, 6) is 1.01. The number of benzene rings is 2. The van der Waals surface area contributed by atoms with Gasteiger partial charge in [0.25, 0.3) is 5.56 Å². The first-order valence-corrected chi connectivity index (χ1v) is 11.5. The summed E-state index contributed by atoms with van der Waals surface area (Å²) in [5.41, 5.74) is 6.05. The number of aromatic amines is 1. The van der Waals surface area contributed by atoms with Gasteiger partial charge in [-0.3, -0.25) is 9.59 Å². The largest absolute Gasteiger partial charge is 0.490 e. The van der Waals surface area contributed by atoms with Gasteiger partial charge in [-0.1, -0.05) is 30.2 Å². The summed E-state index contributed by atoms with van der Waals surface area (Å²) in [6.45, 7) is 0. The molecule has 0 bridgehead atoms. The fourth-order valence-electron chi connectivity index (χ4n) is 3.72. The van der Waals surface area contributed by atoms with E-state index in [9.17, 15) is 9.59 Å². The van der Waals surface area contributed by atoms with Crippen LogP contribution >= 0.6 is 11.6 Å². The second kappa shape index (κ2) is 12.0.